The van der Waals surface area contributed by atoms with E-state index >= 15 is 0 Å². The van der Waals surface area contributed by atoms with Crippen LogP contribution in [0.2, 0.25) is 0 Å². The number of unbranched alkanes of at least 4 members (excludes halogenated alkanes) is 2. The van der Waals surface area contributed by atoms with Crippen molar-refractivity contribution < 1.29 is 4.79 Å². The summed E-state index contributed by atoms with van der Waals surface area (Å²) in [6.45, 7) is 4.76. The Labute approximate surface area is 170 Å². The second-order valence-corrected chi connectivity index (χ2v) is 8.14. The minimum Gasteiger partial charge on any atom is -0.341 e. The maximum absolute atomic E-state index is 12.6. The molecular weight excluding hydrogens is 368 g/mol. The predicted octanol–water partition coefficient (Wildman–Crippen LogP) is 4.89. The molecule has 0 spiro atoms. The summed E-state index contributed by atoms with van der Waals surface area (Å²) in [5, 5.41) is 8.57. The number of rotatable bonds is 9. The Balaban J connectivity index is 1.40. The number of carbonyl (C=O) groups is 1. The van der Waals surface area contributed by atoms with Crippen molar-refractivity contribution in [2.45, 2.75) is 46.0 Å². The number of benzene rings is 1. The lowest BCUT2D eigenvalue weighted by Gasteiger charge is -2.16. The normalized spacial score (nSPS) is 11.0. The molecule has 0 bridgehead atoms. The first-order valence-electron chi connectivity index (χ1n) is 9.90. The van der Waals surface area contributed by atoms with Gasteiger partial charge in [-0.3, -0.25) is 9.89 Å². The van der Waals surface area contributed by atoms with Crippen LogP contribution in [0.1, 0.15) is 52.3 Å². The van der Waals surface area contributed by atoms with Crippen molar-refractivity contribution in [3.63, 3.8) is 0 Å². The number of aromatic amines is 1. The highest BCUT2D eigenvalue weighted by molar-refractivity contribution is 7.13. The first-order valence-corrected chi connectivity index (χ1v) is 10.7. The van der Waals surface area contributed by atoms with Gasteiger partial charge in [0, 0.05) is 24.8 Å². The molecule has 0 aliphatic rings. The summed E-state index contributed by atoms with van der Waals surface area (Å²) in [5.74, 6) is 0.0933. The van der Waals surface area contributed by atoms with Crippen LogP contribution in [0.25, 0.3) is 11.3 Å². The number of amides is 1. The highest BCUT2D eigenvalue weighted by atomic mass is 32.1. The van der Waals surface area contributed by atoms with Crippen molar-refractivity contribution in [1.82, 2.24) is 20.1 Å². The molecule has 0 fully saturated rings. The summed E-state index contributed by atoms with van der Waals surface area (Å²) >= 11 is 1.52. The number of aromatic nitrogens is 3. The van der Waals surface area contributed by atoms with E-state index in [0.717, 1.165) is 71.2 Å². The molecule has 1 amide bonds. The number of nitrogens with zero attached hydrogens (tertiary/aromatic N) is 3. The van der Waals surface area contributed by atoms with E-state index in [0.29, 0.717) is 0 Å². The van der Waals surface area contributed by atoms with E-state index in [1.807, 2.05) is 37.1 Å². The van der Waals surface area contributed by atoms with Crippen LogP contribution in [-0.2, 0) is 12.8 Å². The van der Waals surface area contributed by atoms with Gasteiger partial charge in [-0.2, -0.15) is 5.10 Å². The molecule has 0 atom stereocenters. The maximum Gasteiger partial charge on any atom is 0.265 e. The lowest BCUT2D eigenvalue weighted by atomic mass is 10.1. The molecule has 0 saturated carbocycles. The lowest BCUT2D eigenvalue weighted by Crippen LogP contribution is -2.27. The van der Waals surface area contributed by atoms with Crippen molar-refractivity contribution >= 4 is 17.2 Å². The summed E-state index contributed by atoms with van der Waals surface area (Å²) in [5.41, 5.74) is 4.14. The number of nitrogens with one attached hydrogen (secondary N) is 1. The Morgan fingerprint density at radius 2 is 1.96 bits per heavy atom. The minimum absolute atomic E-state index is 0.0933. The quantitative estimate of drug-likeness (QED) is 0.524. The van der Waals surface area contributed by atoms with Crippen molar-refractivity contribution in [2.75, 3.05) is 13.6 Å². The van der Waals surface area contributed by atoms with E-state index in [2.05, 4.69) is 40.3 Å². The number of hydrogen-bond donors (Lipinski definition) is 1. The monoisotopic (exact) mass is 396 g/mol. The van der Waals surface area contributed by atoms with Crippen molar-refractivity contribution in [3.05, 3.63) is 57.7 Å². The third-order valence-electron chi connectivity index (χ3n) is 4.82. The first kappa shape index (κ1) is 20.3. The Kier molecular flexibility index (Phi) is 6.98. The largest absolute Gasteiger partial charge is 0.341 e. The fraction of sp³-hybridized carbons (Fsp3) is 0.409. The van der Waals surface area contributed by atoms with Gasteiger partial charge >= 0.3 is 0 Å². The van der Waals surface area contributed by atoms with Crippen LogP contribution in [0, 0.1) is 6.92 Å². The number of carbonyl (C=O) groups excluding carboxylic acids is 1. The van der Waals surface area contributed by atoms with Gasteiger partial charge in [0.25, 0.3) is 5.91 Å². The van der Waals surface area contributed by atoms with Crippen molar-refractivity contribution in [1.29, 1.82) is 0 Å². The highest BCUT2D eigenvalue weighted by Crippen LogP contribution is 2.21. The molecule has 3 aromatic rings. The van der Waals surface area contributed by atoms with E-state index in [1.54, 1.807) is 0 Å². The molecule has 0 unspecified atom stereocenters. The number of H-pyrrole nitrogens is 1. The van der Waals surface area contributed by atoms with Gasteiger partial charge in [-0.1, -0.05) is 43.7 Å². The van der Waals surface area contributed by atoms with Gasteiger partial charge in [0.15, 0.2) is 0 Å². The molecule has 1 N–H and O–H groups in total. The second kappa shape index (κ2) is 9.64. The zero-order valence-corrected chi connectivity index (χ0v) is 17.7. The summed E-state index contributed by atoms with van der Waals surface area (Å²) in [6.07, 6.45) is 5.02. The van der Waals surface area contributed by atoms with Gasteiger partial charge < -0.3 is 4.90 Å². The molecule has 28 heavy (non-hydrogen) atoms. The van der Waals surface area contributed by atoms with Crippen LogP contribution < -0.4 is 0 Å². The molecule has 0 radical (unpaired) electrons. The summed E-state index contributed by atoms with van der Waals surface area (Å²) in [7, 11) is 1.88. The van der Waals surface area contributed by atoms with E-state index < -0.39 is 0 Å². The smallest absolute Gasteiger partial charge is 0.265 e. The molecule has 6 heteroatoms. The SMILES string of the molecule is CCc1nc(C)c(C(=O)N(C)CCCCCc2cc(-c3ccccc3)n[nH]2)s1. The van der Waals surface area contributed by atoms with Gasteiger partial charge in [-0.15, -0.1) is 11.3 Å². The fourth-order valence-electron chi connectivity index (χ4n) is 3.16. The van der Waals surface area contributed by atoms with Crippen molar-refractivity contribution in [3.8, 4) is 11.3 Å². The second-order valence-electron chi connectivity index (χ2n) is 7.06. The third-order valence-corrected chi connectivity index (χ3v) is 6.11. The van der Waals surface area contributed by atoms with E-state index in [4.69, 9.17) is 0 Å². The molecule has 0 aliphatic carbocycles. The molecular formula is C22H28N4OS. The topological polar surface area (TPSA) is 61.9 Å². The van der Waals surface area contributed by atoms with E-state index in [1.165, 1.54) is 11.3 Å². The number of thiazole rings is 1. The minimum atomic E-state index is 0.0933. The molecule has 5 nitrogen and oxygen atoms in total. The zero-order valence-electron chi connectivity index (χ0n) is 16.9. The number of aryl methyl sites for hydroxylation is 3. The number of hydrogen-bond acceptors (Lipinski definition) is 4. The van der Waals surface area contributed by atoms with Crippen LogP contribution in [0.4, 0.5) is 0 Å². The van der Waals surface area contributed by atoms with Crippen LogP contribution >= 0.6 is 11.3 Å². The fourth-order valence-corrected chi connectivity index (χ4v) is 4.16. The summed E-state index contributed by atoms with van der Waals surface area (Å²) in [4.78, 5) is 19.7. The predicted molar refractivity (Wildman–Crippen MR) is 115 cm³/mol. The Bertz CT molecular complexity index is 900. The Morgan fingerprint density at radius 3 is 2.68 bits per heavy atom. The van der Waals surface area contributed by atoms with Gasteiger partial charge in [0.1, 0.15) is 4.88 Å². The van der Waals surface area contributed by atoms with Gasteiger partial charge in [-0.25, -0.2) is 4.98 Å². The van der Waals surface area contributed by atoms with Crippen LogP contribution in [0.5, 0.6) is 0 Å². The molecule has 148 valence electrons. The van der Waals surface area contributed by atoms with Crippen LogP contribution in [-0.4, -0.2) is 39.6 Å². The summed E-state index contributed by atoms with van der Waals surface area (Å²) < 4.78 is 0. The molecule has 0 aliphatic heterocycles. The lowest BCUT2D eigenvalue weighted by molar-refractivity contribution is 0.0796. The summed E-state index contributed by atoms with van der Waals surface area (Å²) in [6, 6.07) is 12.3. The average Bonchev–Trinajstić information content (AvgIpc) is 3.34. The Hall–Kier alpha value is -2.47. The maximum atomic E-state index is 12.6. The van der Waals surface area contributed by atoms with E-state index in [9.17, 15) is 4.79 Å². The first-order chi connectivity index (χ1) is 13.6. The molecule has 0 saturated heterocycles. The Morgan fingerprint density at radius 1 is 1.18 bits per heavy atom. The van der Waals surface area contributed by atoms with Gasteiger partial charge in [0.2, 0.25) is 0 Å². The van der Waals surface area contributed by atoms with Gasteiger partial charge in [0.05, 0.1) is 16.4 Å². The van der Waals surface area contributed by atoms with Crippen LogP contribution in [0.3, 0.4) is 0 Å². The van der Waals surface area contributed by atoms with Crippen LogP contribution in [0.15, 0.2) is 36.4 Å². The molecule has 3 rings (SSSR count). The van der Waals surface area contributed by atoms with Gasteiger partial charge in [-0.05, 0) is 38.7 Å². The van der Waals surface area contributed by atoms with E-state index in [-0.39, 0.29) is 5.91 Å². The standard InChI is InChI=1S/C22H28N4OS/c1-4-20-23-16(2)21(28-20)22(27)26(3)14-10-6-9-13-18-15-19(25-24-18)17-11-7-5-8-12-17/h5,7-8,11-12,15H,4,6,9-10,13-14H2,1-3H3,(H,24,25). The molecule has 1 aromatic carbocycles. The molecule has 2 aromatic heterocycles. The highest BCUT2D eigenvalue weighted by Gasteiger charge is 2.18. The van der Waals surface area contributed by atoms with Crippen molar-refractivity contribution in [2.24, 2.45) is 0 Å². The molecule has 2 heterocycles. The third kappa shape index (κ3) is 5.07. The average molecular weight is 397 g/mol. The zero-order chi connectivity index (χ0) is 19.9.